The van der Waals surface area contributed by atoms with Gasteiger partial charge in [0.25, 0.3) is 6.43 Å². The van der Waals surface area contributed by atoms with Crippen molar-refractivity contribution in [3.8, 4) is 0 Å². The molecule has 0 heterocycles. The molecular weight excluding hydrogens is 322 g/mol. The molecule has 1 atom stereocenters. The third-order valence-electron chi connectivity index (χ3n) is 4.43. The fourth-order valence-corrected chi connectivity index (χ4v) is 3.93. The summed E-state index contributed by atoms with van der Waals surface area (Å²) in [6.45, 7) is 10.0. The molecule has 0 N–H and O–H groups in total. The molecule has 0 aromatic rings. The molecule has 0 aliphatic rings. The molecule has 0 aromatic heterocycles. The molecule has 0 amide bonds. The number of hydrogen-bond donors (Lipinski definition) is 0. The highest BCUT2D eigenvalue weighted by molar-refractivity contribution is 7.88. The number of nitrogens with zero attached hydrogens (tertiary/aromatic N) is 2. The number of rotatable bonds is 11. The van der Waals surface area contributed by atoms with Crippen LogP contribution in [0.3, 0.4) is 0 Å². The largest absolute Gasteiger partial charge is 0.295 e. The van der Waals surface area contributed by atoms with E-state index in [4.69, 9.17) is 0 Å². The maximum Gasteiger partial charge on any atom is 0.251 e. The lowest BCUT2D eigenvalue weighted by Gasteiger charge is -2.39. The van der Waals surface area contributed by atoms with E-state index in [0.29, 0.717) is 13.0 Å². The van der Waals surface area contributed by atoms with E-state index >= 15 is 0 Å². The first-order valence-electron chi connectivity index (χ1n) is 8.27. The topological polar surface area (TPSA) is 40.6 Å². The van der Waals surface area contributed by atoms with Crippen molar-refractivity contribution in [1.82, 2.24) is 9.21 Å². The maximum absolute atomic E-state index is 12.8. The van der Waals surface area contributed by atoms with Gasteiger partial charge < -0.3 is 0 Å². The molecule has 0 saturated heterocycles. The summed E-state index contributed by atoms with van der Waals surface area (Å²) in [5.74, 6) is 0.181. The van der Waals surface area contributed by atoms with Crippen LogP contribution < -0.4 is 0 Å². The summed E-state index contributed by atoms with van der Waals surface area (Å²) >= 11 is 0. The van der Waals surface area contributed by atoms with E-state index in [0.717, 1.165) is 12.8 Å². The van der Waals surface area contributed by atoms with Gasteiger partial charge in [-0.15, -0.1) is 0 Å². The molecule has 0 aliphatic carbocycles. The second-order valence-corrected chi connectivity index (χ2v) is 9.35. The van der Waals surface area contributed by atoms with Gasteiger partial charge in [-0.3, -0.25) is 4.90 Å². The smallest absolute Gasteiger partial charge is 0.251 e. The molecule has 4 nitrogen and oxygen atoms in total. The molecule has 0 rings (SSSR count). The van der Waals surface area contributed by atoms with Crippen LogP contribution in [-0.4, -0.2) is 62.0 Å². The minimum Gasteiger partial charge on any atom is -0.295 e. The molecule has 1 unspecified atom stereocenters. The van der Waals surface area contributed by atoms with Gasteiger partial charge in [-0.2, -0.15) is 4.31 Å². The second kappa shape index (κ2) is 9.28. The van der Waals surface area contributed by atoms with Crippen LogP contribution in [0.15, 0.2) is 0 Å². The molecular formula is C16H34F2N2O2S. The summed E-state index contributed by atoms with van der Waals surface area (Å²) in [6, 6.07) is 0.0408. The van der Waals surface area contributed by atoms with Crippen LogP contribution in [0.1, 0.15) is 53.9 Å². The lowest BCUT2D eigenvalue weighted by Crippen LogP contribution is -2.47. The minimum absolute atomic E-state index is 0.0408. The predicted molar refractivity (Wildman–Crippen MR) is 92.4 cm³/mol. The summed E-state index contributed by atoms with van der Waals surface area (Å²) in [6.07, 6.45) is 1.33. The van der Waals surface area contributed by atoms with Crippen molar-refractivity contribution in [3.63, 3.8) is 0 Å². The number of hydrogen-bond acceptors (Lipinski definition) is 3. The van der Waals surface area contributed by atoms with Gasteiger partial charge >= 0.3 is 0 Å². The van der Waals surface area contributed by atoms with Crippen molar-refractivity contribution in [2.45, 2.75) is 71.9 Å². The van der Waals surface area contributed by atoms with E-state index in [1.54, 1.807) is 11.9 Å². The fraction of sp³-hybridized carbons (Fsp3) is 1.00. The van der Waals surface area contributed by atoms with Crippen molar-refractivity contribution >= 4 is 10.0 Å². The van der Waals surface area contributed by atoms with Gasteiger partial charge in [-0.05, 0) is 46.5 Å². The van der Waals surface area contributed by atoms with Gasteiger partial charge in [0.2, 0.25) is 10.0 Å². The summed E-state index contributed by atoms with van der Waals surface area (Å²) < 4.78 is 50.6. The second-order valence-electron chi connectivity index (χ2n) is 7.34. The molecule has 140 valence electrons. The van der Waals surface area contributed by atoms with Crippen LogP contribution in [0.25, 0.3) is 0 Å². The number of halogens is 2. The van der Waals surface area contributed by atoms with Crippen LogP contribution in [0.5, 0.6) is 0 Å². The Labute approximate surface area is 141 Å². The van der Waals surface area contributed by atoms with E-state index in [-0.39, 0.29) is 18.5 Å². The molecule has 0 saturated carbocycles. The first-order valence-corrected chi connectivity index (χ1v) is 10.1. The lowest BCUT2D eigenvalue weighted by molar-refractivity contribution is 0.0564. The average Bonchev–Trinajstić information content (AvgIpc) is 2.35. The van der Waals surface area contributed by atoms with Crippen molar-refractivity contribution in [2.24, 2.45) is 5.92 Å². The van der Waals surface area contributed by atoms with E-state index in [2.05, 4.69) is 6.92 Å². The molecule has 0 fully saturated rings. The van der Waals surface area contributed by atoms with E-state index < -0.39 is 22.0 Å². The number of sulfonamides is 1. The Morgan fingerprint density at radius 1 is 1.13 bits per heavy atom. The average molecular weight is 357 g/mol. The third kappa shape index (κ3) is 8.40. The highest BCUT2D eigenvalue weighted by Gasteiger charge is 2.33. The van der Waals surface area contributed by atoms with Gasteiger partial charge in [-0.25, -0.2) is 17.2 Å². The third-order valence-corrected chi connectivity index (χ3v) is 5.92. The molecule has 7 heteroatoms. The first-order chi connectivity index (χ1) is 10.3. The lowest BCUT2D eigenvalue weighted by atomic mass is 9.87. The maximum atomic E-state index is 12.8. The monoisotopic (exact) mass is 356 g/mol. The Morgan fingerprint density at radius 3 is 2.00 bits per heavy atom. The Kier molecular flexibility index (Phi) is 9.17. The quantitative estimate of drug-likeness (QED) is 0.569. The van der Waals surface area contributed by atoms with Gasteiger partial charge in [0.1, 0.15) is 0 Å². The fourth-order valence-electron chi connectivity index (χ4n) is 2.96. The molecule has 0 bridgehead atoms. The zero-order chi connectivity index (χ0) is 18.4. The Bertz CT molecular complexity index is 439. The van der Waals surface area contributed by atoms with Crippen molar-refractivity contribution in [1.29, 1.82) is 0 Å². The zero-order valence-electron chi connectivity index (χ0n) is 15.6. The van der Waals surface area contributed by atoms with Gasteiger partial charge in [0.15, 0.2) is 0 Å². The SMILES string of the molecule is CCCC(CN(CC(F)F)C(C)C)CC(C)(C)N(C)S(C)(=O)=O. The molecule has 0 radical (unpaired) electrons. The summed E-state index contributed by atoms with van der Waals surface area (Å²) in [4.78, 5) is 1.79. The Hall–Kier alpha value is -0.270. The Morgan fingerprint density at radius 2 is 1.65 bits per heavy atom. The Balaban J connectivity index is 5.10. The number of alkyl halides is 2. The van der Waals surface area contributed by atoms with Gasteiger partial charge in [-0.1, -0.05) is 13.3 Å². The first kappa shape index (κ1) is 22.7. The van der Waals surface area contributed by atoms with Crippen molar-refractivity contribution in [2.75, 3.05) is 26.4 Å². The zero-order valence-corrected chi connectivity index (χ0v) is 16.5. The molecule has 0 spiro atoms. The normalized spacial score (nSPS) is 15.2. The van der Waals surface area contributed by atoms with Crippen LogP contribution in [0.2, 0.25) is 0 Å². The van der Waals surface area contributed by atoms with Crippen LogP contribution in [-0.2, 0) is 10.0 Å². The van der Waals surface area contributed by atoms with Crippen molar-refractivity contribution in [3.05, 3.63) is 0 Å². The van der Waals surface area contributed by atoms with E-state index in [9.17, 15) is 17.2 Å². The highest BCUT2D eigenvalue weighted by atomic mass is 32.2. The van der Waals surface area contributed by atoms with Crippen molar-refractivity contribution < 1.29 is 17.2 Å². The summed E-state index contributed by atoms with van der Waals surface area (Å²) in [5, 5.41) is 0. The van der Waals surface area contributed by atoms with E-state index in [1.807, 2.05) is 27.7 Å². The van der Waals surface area contributed by atoms with Crippen LogP contribution in [0.4, 0.5) is 8.78 Å². The predicted octanol–water partition coefficient (Wildman–Crippen LogP) is 3.44. The van der Waals surface area contributed by atoms with Crippen LogP contribution >= 0.6 is 0 Å². The minimum atomic E-state index is -3.29. The summed E-state index contributed by atoms with van der Waals surface area (Å²) in [5.41, 5.74) is -0.541. The van der Waals surface area contributed by atoms with Gasteiger partial charge in [0.05, 0.1) is 12.8 Å². The molecule has 23 heavy (non-hydrogen) atoms. The summed E-state index contributed by atoms with van der Waals surface area (Å²) in [7, 11) is -1.70. The molecule has 0 aromatic carbocycles. The standard InChI is InChI=1S/C16H34F2N2O2S/c1-8-9-14(11-20(13(2)3)12-15(17)18)10-16(4,5)19(6)23(7,21)22/h13-15H,8-12H2,1-7H3. The highest BCUT2D eigenvalue weighted by Crippen LogP contribution is 2.28. The molecule has 0 aliphatic heterocycles. The van der Waals surface area contributed by atoms with Crippen LogP contribution in [0, 0.1) is 5.92 Å². The van der Waals surface area contributed by atoms with E-state index in [1.165, 1.54) is 10.6 Å². The van der Waals surface area contributed by atoms with Gasteiger partial charge in [0, 0.05) is 25.2 Å².